The molecule has 1 aromatic heterocycles. The maximum absolute atomic E-state index is 8.85. The summed E-state index contributed by atoms with van der Waals surface area (Å²) in [5, 5.41) is 8.57. The lowest BCUT2D eigenvalue weighted by Gasteiger charge is -2.37. The zero-order chi connectivity index (χ0) is 21.3. The van der Waals surface area contributed by atoms with Crippen LogP contribution in [0.5, 0.6) is 0 Å². The first-order valence-corrected chi connectivity index (χ1v) is 11.6. The van der Waals surface area contributed by atoms with Gasteiger partial charge in [-0.3, -0.25) is 0 Å². The van der Waals surface area contributed by atoms with Gasteiger partial charge in [0.05, 0.1) is 32.3 Å². The molecular weight excluding hydrogens is 495 g/mol. The number of diazo groups is 1. The maximum atomic E-state index is 8.85. The average Bonchev–Trinajstić information content (AvgIpc) is 3.08. The fourth-order valence-electron chi connectivity index (χ4n) is 3.50. The summed E-state index contributed by atoms with van der Waals surface area (Å²) in [6.07, 6.45) is 0. The minimum absolute atomic E-state index is 0.437. The molecule has 1 saturated carbocycles. The Balaban J connectivity index is 0.000000177. The van der Waals surface area contributed by atoms with E-state index in [4.69, 9.17) is 75.0 Å². The molecule has 3 aromatic rings. The van der Waals surface area contributed by atoms with Crippen molar-refractivity contribution in [1.82, 2.24) is 4.57 Å². The van der Waals surface area contributed by atoms with E-state index in [1.165, 1.54) is 16.4 Å². The third-order valence-corrected chi connectivity index (χ3v) is 9.04. The number of rotatable bonds is 1. The molecule has 1 fully saturated rings. The van der Waals surface area contributed by atoms with Gasteiger partial charge in [0.25, 0.3) is 0 Å². The van der Waals surface area contributed by atoms with Crippen molar-refractivity contribution in [2.75, 3.05) is 0 Å². The monoisotopic (exact) mass is 510 g/mol. The van der Waals surface area contributed by atoms with Gasteiger partial charge in [-0.25, -0.2) is 0 Å². The molecule has 0 spiro atoms. The molecule has 1 aliphatic rings. The van der Waals surface area contributed by atoms with E-state index in [0.29, 0.717) is 5.69 Å². The van der Waals surface area contributed by atoms with Gasteiger partial charge in [-0.05, 0) is 19.1 Å². The van der Waals surface area contributed by atoms with Crippen molar-refractivity contribution >= 4 is 97.1 Å². The van der Waals surface area contributed by atoms with Gasteiger partial charge in [0.15, 0.2) is 4.98 Å². The Morgan fingerprint density at radius 3 is 1.72 bits per heavy atom. The summed E-state index contributed by atoms with van der Waals surface area (Å²) in [5.41, 5.74) is 3.00. The highest BCUT2D eigenvalue weighted by atomic mass is 35.5. The standard InChI is InChI=1S/C14H12N3.C6H6Cl6/c1-2-17-13-6-4-3-5-11(13)12-9-10(16-15)7-8-14(12)17;7-1-2(8)4(10)6(12)5(11)3(1)9/h3-9H,2H2,1H3;1-6H/q+1;/t;1-,2-,3-,4+,5+,6+. The number of hydrogen-bond donors (Lipinski definition) is 0. The van der Waals surface area contributed by atoms with Crippen LogP contribution in [0, 0.1) is 5.39 Å². The molecule has 3 nitrogen and oxygen atoms in total. The molecule has 0 unspecified atom stereocenters. The first-order valence-electron chi connectivity index (χ1n) is 9.02. The Bertz CT molecular complexity index is 987. The van der Waals surface area contributed by atoms with Crippen LogP contribution in [0.15, 0.2) is 42.5 Å². The molecule has 0 bridgehead atoms. The second-order valence-electron chi connectivity index (χ2n) is 6.73. The van der Waals surface area contributed by atoms with Crippen LogP contribution in [-0.2, 0) is 6.54 Å². The number of benzene rings is 2. The molecule has 1 heterocycles. The van der Waals surface area contributed by atoms with E-state index in [0.717, 1.165) is 11.9 Å². The Kier molecular flexibility index (Phi) is 7.71. The smallest absolute Gasteiger partial charge is 0.341 e. The Morgan fingerprint density at radius 1 is 0.759 bits per heavy atom. The van der Waals surface area contributed by atoms with Crippen molar-refractivity contribution in [3.05, 3.63) is 47.4 Å². The van der Waals surface area contributed by atoms with Crippen molar-refractivity contribution in [2.45, 2.75) is 45.7 Å². The number of nitrogens with zero attached hydrogens (tertiary/aromatic N) is 3. The molecular formula is C20H18Cl6N3+. The van der Waals surface area contributed by atoms with Gasteiger partial charge in [0.1, 0.15) is 0 Å². The van der Waals surface area contributed by atoms with Crippen molar-refractivity contribution < 1.29 is 0 Å². The number of fused-ring (bicyclic) bond motifs is 3. The number of hydrogen-bond acceptors (Lipinski definition) is 1. The van der Waals surface area contributed by atoms with Crippen LogP contribution < -0.4 is 0 Å². The highest BCUT2D eigenvalue weighted by Crippen LogP contribution is 2.39. The predicted octanol–water partition coefficient (Wildman–Crippen LogP) is 7.94. The highest BCUT2D eigenvalue weighted by Gasteiger charge is 2.46. The Hall–Kier alpha value is -0.600. The van der Waals surface area contributed by atoms with Gasteiger partial charge in [-0.15, -0.1) is 69.6 Å². The molecule has 4 rings (SSSR count). The molecule has 1 aliphatic carbocycles. The molecule has 9 heteroatoms. The van der Waals surface area contributed by atoms with Crippen LogP contribution in [0.1, 0.15) is 6.92 Å². The lowest BCUT2D eigenvalue weighted by atomic mass is 9.97. The van der Waals surface area contributed by atoms with Crippen molar-refractivity contribution in [3.63, 3.8) is 0 Å². The minimum atomic E-state index is -0.437. The second kappa shape index (κ2) is 9.69. The van der Waals surface area contributed by atoms with Gasteiger partial charge < -0.3 is 4.57 Å². The average molecular weight is 513 g/mol. The largest absolute Gasteiger partial charge is 0.385 e. The molecule has 0 N–H and O–H groups in total. The Morgan fingerprint density at radius 2 is 1.24 bits per heavy atom. The van der Waals surface area contributed by atoms with E-state index in [-0.39, 0.29) is 0 Å². The lowest BCUT2D eigenvalue weighted by molar-refractivity contribution is 0.544. The summed E-state index contributed by atoms with van der Waals surface area (Å²) >= 11 is 35.3. The van der Waals surface area contributed by atoms with E-state index in [1.807, 2.05) is 30.3 Å². The van der Waals surface area contributed by atoms with Gasteiger partial charge in [-0.2, -0.15) is 0 Å². The van der Waals surface area contributed by atoms with Crippen molar-refractivity contribution in [2.24, 2.45) is 0 Å². The molecule has 29 heavy (non-hydrogen) atoms. The number of para-hydroxylation sites is 1. The van der Waals surface area contributed by atoms with Crippen molar-refractivity contribution in [3.8, 4) is 0 Å². The molecule has 0 atom stereocenters. The van der Waals surface area contributed by atoms with Crippen LogP contribution in [0.2, 0.25) is 0 Å². The zero-order valence-corrected chi connectivity index (χ0v) is 19.9. The normalized spacial score (nSPS) is 29.3. The Labute approximate surface area is 199 Å². The quantitative estimate of drug-likeness (QED) is 0.240. The lowest BCUT2D eigenvalue weighted by Crippen LogP contribution is -2.52. The summed E-state index contributed by atoms with van der Waals surface area (Å²) in [6.45, 7) is 3.07. The number of halogens is 6. The van der Waals surface area contributed by atoms with E-state index in [9.17, 15) is 0 Å². The van der Waals surface area contributed by atoms with Crippen LogP contribution in [0.25, 0.3) is 26.8 Å². The minimum Gasteiger partial charge on any atom is -0.341 e. The molecule has 154 valence electrons. The van der Waals surface area contributed by atoms with E-state index in [2.05, 4.69) is 28.6 Å². The summed E-state index contributed by atoms with van der Waals surface area (Å²) in [5.74, 6) is 0. The fourth-order valence-corrected chi connectivity index (χ4v) is 5.83. The summed E-state index contributed by atoms with van der Waals surface area (Å²) in [4.78, 5) is 3.25. The van der Waals surface area contributed by atoms with Crippen LogP contribution in [0.3, 0.4) is 0 Å². The van der Waals surface area contributed by atoms with Gasteiger partial charge >= 0.3 is 5.69 Å². The summed E-state index contributed by atoms with van der Waals surface area (Å²) in [7, 11) is 0. The number of aromatic nitrogens is 1. The van der Waals surface area contributed by atoms with Crippen LogP contribution in [0.4, 0.5) is 5.69 Å². The first-order chi connectivity index (χ1) is 13.8. The van der Waals surface area contributed by atoms with E-state index < -0.39 is 32.3 Å². The van der Waals surface area contributed by atoms with Gasteiger partial charge in [-0.1, -0.05) is 18.2 Å². The third kappa shape index (κ3) is 4.40. The SMILES string of the molecule is CCn1c2ccccc2c2cc([N+]#N)ccc21.Cl[C@H]1[C@H](Cl)[C@@H](Cl)[C@@H](Cl)[C@H](Cl)[C@H]1Cl. The zero-order valence-electron chi connectivity index (χ0n) is 15.3. The predicted molar refractivity (Wildman–Crippen MR) is 128 cm³/mol. The molecule has 2 aromatic carbocycles. The van der Waals surface area contributed by atoms with Gasteiger partial charge in [0.2, 0.25) is 5.39 Å². The fraction of sp³-hybridized carbons (Fsp3) is 0.400. The van der Waals surface area contributed by atoms with E-state index in [1.54, 1.807) is 0 Å². The molecule has 0 saturated heterocycles. The summed E-state index contributed by atoms with van der Waals surface area (Å²) < 4.78 is 2.27. The molecule has 0 amide bonds. The number of alkyl halides is 6. The van der Waals surface area contributed by atoms with Crippen molar-refractivity contribution in [1.29, 1.82) is 5.39 Å². The van der Waals surface area contributed by atoms with E-state index >= 15 is 0 Å². The van der Waals surface area contributed by atoms with Crippen LogP contribution in [-0.4, -0.2) is 36.8 Å². The number of aryl methyl sites for hydroxylation is 1. The highest BCUT2D eigenvalue weighted by molar-refractivity contribution is 6.45. The third-order valence-electron chi connectivity index (χ3n) is 5.01. The van der Waals surface area contributed by atoms with Gasteiger partial charge in [0, 0.05) is 40.5 Å². The maximum Gasteiger partial charge on any atom is 0.385 e. The summed E-state index contributed by atoms with van der Waals surface area (Å²) in [6, 6.07) is 14.1. The first kappa shape index (κ1) is 23.1. The second-order valence-corrected chi connectivity index (χ2v) is 9.75. The molecule has 0 aliphatic heterocycles. The molecule has 0 radical (unpaired) electrons. The van der Waals surface area contributed by atoms with Crippen LogP contribution >= 0.6 is 69.6 Å². The topological polar surface area (TPSA) is 33.1 Å².